The molecule has 2 heterocycles. The summed E-state index contributed by atoms with van der Waals surface area (Å²) in [7, 11) is 0. The van der Waals surface area contributed by atoms with Crippen molar-refractivity contribution in [3.63, 3.8) is 0 Å². The van der Waals surface area contributed by atoms with Crippen LogP contribution in [-0.2, 0) is 15.1 Å². The van der Waals surface area contributed by atoms with Gasteiger partial charge < -0.3 is 19.7 Å². The van der Waals surface area contributed by atoms with Crippen molar-refractivity contribution >= 4 is 0 Å². The Hall–Kier alpha value is -3.82. The molecule has 1 saturated heterocycles. The minimum absolute atomic E-state index is 0.0918. The molecule has 8 heteroatoms. The number of nitrogens with zero attached hydrogens (tertiary/aromatic N) is 1. The number of aromatic amines is 1. The summed E-state index contributed by atoms with van der Waals surface area (Å²) < 4.78 is 13.6. The number of H-pyrrole nitrogens is 1. The van der Waals surface area contributed by atoms with Gasteiger partial charge in [-0.3, -0.25) is 14.3 Å². The first-order valence-corrected chi connectivity index (χ1v) is 11.6. The molecule has 4 aromatic rings. The Morgan fingerprint density at radius 1 is 0.778 bits per heavy atom. The van der Waals surface area contributed by atoms with Gasteiger partial charge in [-0.2, -0.15) is 0 Å². The standard InChI is InChI=1S/C28H26N2O6/c31-23-16-17-30(27(34)29-23)26-25(33)24(32)22(36-26)18-35-28(19-10-4-1-5-11-19,20-12-6-2-7-13-20)21-14-8-3-9-15-21/h1-17,22,24-26,32-33H,18H2,(H,29,31,34)/t22-,24+,25+,26-/m1/s1. The van der Waals surface area contributed by atoms with E-state index in [1.165, 1.54) is 6.20 Å². The van der Waals surface area contributed by atoms with E-state index in [9.17, 15) is 19.8 Å². The highest BCUT2D eigenvalue weighted by atomic mass is 16.6. The van der Waals surface area contributed by atoms with Gasteiger partial charge in [0.25, 0.3) is 5.56 Å². The van der Waals surface area contributed by atoms with Gasteiger partial charge in [-0.05, 0) is 16.7 Å². The fourth-order valence-electron chi connectivity index (χ4n) is 4.70. The zero-order valence-electron chi connectivity index (χ0n) is 19.3. The normalized spacial score (nSPS) is 21.9. The van der Waals surface area contributed by atoms with Crippen molar-refractivity contribution in [1.29, 1.82) is 0 Å². The molecule has 0 aliphatic carbocycles. The third-order valence-electron chi connectivity index (χ3n) is 6.47. The van der Waals surface area contributed by atoms with Crippen LogP contribution in [0, 0.1) is 0 Å². The lowest BCUT2D eigenvalue weighted by molar-refractivity contribution is -0.0958. The summed E-state index contributed by atoms with van der Waals surface area (Å²) >= 11 is 0. The smallest absolute Gasteiger partial charge is 0.330 e. The number of nitrogens with one attached hydrogen (secondary N) is 1. The molecule has 0 amide bonds. The molecule has 3 N–H and O–H groups in total. The summed E-state index contributed by atoms with van der Waals surface area (Å²) in [6.45, 7) is -0.0918. The number of hydrogen-bond acceptors (Lipinski definition) is 6. The van der Waals surface area contributed by atoms with Crippen LogP contribution < -0.4 is 11.2 Å². The summed E-state index contributed by atoms with van der Waals surface area (Å²) in [5.41, 5.74) is 0.289. The number of benzene rings is 3. The molecule has 0 bridgehead atoms. The summed E-state index contributed by atoms with van der Waals surface area (Å²) in [6, 6.07) is 30.4. The molecule has 3 aromatic carbocycles. The monoisotopic (exact) mass is 486 g/mol. The van der Waals surface area contributed by atoms with Crippen LogP contribution >= 0.6 is 0 Å². The maximum Gasteiger partial charge on any atom is 0.330 e. The molecule has 1 aromatic heterocycles. The molecule has 1 aliphatic rings. The molecular weight excluding hydrogens is 460 g/mol. The molecule has 8 nitrogen and oxygen atoms in total. The van der Waals surface area contributed by atoms with Gasteiger partial charge in [0.1, 0.15) is 23.9 Å². The second kappa shape index (κ2) is 10.0. The molecule has 36 heavy (non-hydrogen) atoms. The Kier molecular flexibility index (Phi) is 6.67. The van der Waals surface area contributed by atoms with Crippen molar-refractivity contribution in [3.8, 4) is 0 Å². The van der Waals surface area contributed by atoms with Crippen molar-refractivity contribution in [2.24, 2.45) is 0 Å². The van der Waals surface area contributed by atoms with Gasteiger partial charge in [-0.25, -0.2) is 4.79 Å². The number of aromatic nitrogens is 2. The predicted octanol–water partition coefficient (Wildman–Crippen LogP) is 2.16. The van der Waals surface area contributed by atoms with Crippen LogP contribution in [0.5, 0.6) is 0 Å². The lowest BCUT2D eigenvalue weighted by Gasteiger charge is -2.37. The van der Waals surface area contributed by atoms with E-state index < -0.39 is 41.4 Å². The Balaban J connectivity index is 1.52. The third kappa shape index (κ3) is 4.31. The maximum absolute atomic E-state index is 12.3. The molecule has 4 atom stereocenters. The third-order valence-corrected chi connectivity index (χ3v) is 6.47. The van der Waals surface area contributed by atoms with Crippen LogP contribution in [-0.4, -0.2) is 44.7 Å². The van der Waals surface area contributed by atoms with Crippen LogP contribution in [0.4, 0.5) is 0 Å². The van der Waals surface area contributed by atoms with Gasteiger partial charge in [0, 0.05) is 12.3 Å². The number of hydrogen-bond donors (Lipinski definition) is 3. The lowest BCUT2D eigenvalue weighted by atomic mass is 9.80. The largest absolute Gasteiger partial charge is 0.387 e. The molecule has 1 fully saturated rings. The van der Waals surface area contributed by atoms with E-state index in [2.05, 4.69) is 4.98 Å². The summed E-state index contributed by atoms with van der Waals surface area (Å²) in [5, 5.41) is 21.5. The molecule has 0 spiro atoms. The van der Waals surface area contributed by atoms with Crippen molar-refractivity contribution in [3.05, 3.63) is 141 Å². The molecule has 0 radical (unpaired) electrons. The van der Waals surface area contributed by atoms with Gasteiger partial charge in [0.15, 0.2) is 6.23 Å². The molecule has 5 rings (SSSR count). The molecule has 0 unspecified atom stereocenters. The van der Waals surface area contributed by atoms with Crippen molar-refractivity contribution < 1.29 is 19.7 Å². The second-order valence-electron chi connectivity index (χ2n) is 8.65. The highest BCUT2D eigenvalue weighted by Gasteiger charge is 2.46. The SMILES string of the molecule is O=c1ccn([C@@H]2O[C@H](COC(c3ccccc3)(c3ccccc3)c3ccccc3)[C@H](O)[C@@H]2O)c(=O)[nH]1. The van der Waals surface area contributed by atoms with Crippen LogP contribution in [0.2, 0.25) is 0 Å². The molecular formula is C28H26N2O6. The molecule has 184 valence electrons. The Morgan fingerprint density at radius 2 is 1.28 bits per heavy atom. The topological polar surface area (TPSA) is 114 Å². The van der Waals surface area contributed by atoms with E-state index in [4.69, 9.17) is 9.47 Å². The van der Waals surface area contributed by atoms with Gasteiger partial charge in [0.05, 0.1) is 6.61 Å². The van der Waals surface area contributed by atoms with E-state index in [-0.39, 0.29) is 6.61 Å². The first-order valence-electron chi connectivity index (χ1n) is 11.6. The second-order valence-corrected chi connectivity index (χ2v) is 8.65. The quantitative estimate of drug-likeness (QED) is 0.345. The fourth-order valence-corrected chi connectivity index (χ4v) is 4.70. The minimum atomic E-state index is -1.40. The number of aliphatic hydroxyl groups is 2. The first kappa shape index (κ1) is 23.9. The fraction of sp³-hybridized carbons (Fsp3) is 0.214. The number of rotatable bonds is 7. The van der Waals surface area contributed by atoms with Crippen LogP contribution in [0.3, 0.4) is 0 Å². The Labute approximate surface area is 207 Å². The Bertz CT molecular complexity index is 1310. The van der Waals surface area contributed by atoms with Crippen molar-refractivity contribution in [2.45, 2.75) is 30.1 Å². The Morgan fingerprint density at radius 3 is 1.75 bits per heavy atom. The summed E-state index contributed by atoms with van der Waals surface area (Å²) in [5.74, 6) is 0. The van der Waals surface area contributed by atoms with Gasteiger partial charge >= 0.3 is 5.69 Å². The average molecular weight is 487 g/mol. The molecule has 0 saturated carbocycles. The lowest BCUT2D eigenvalue weighted by Crippen LogP contribution is -2.40. The van der Waals surface area contributed by atoms with Crippen molar-refractivity contribution in [1.82, 2.24) is 9.55 Å². The van der Waals surface area contributed by atoms with E-state index in [0.29, 0.717) is 0 Å². The van der Waals surface area contributed by atoms with E-state index in [0.717, 1.165) is 27.3 Å². The average Bonchev–Trinajstić information content (AvgIpc) is 3.19. The van der Waals surface area contributed by atoms with Crippen LogP contribution in [0.25, 0.3) is 0 Å². The highest BCUT2D eigenvalue weighted by molar-refractivity contribution is 5.47. The van der Waals surface area contributed by atoms with Crippen LogP contribution in [0.15, 0.2) is 113 Å². The summed E-state index contributed by atoms with van der Waals surface area (Å²) in [4.78, 5) is 25.8. The van der Waals surface area contributed by atoms with Gasteiger partial charge in [-0.1, -0.05) is 91.0 Å². The summed E-state index contributed by atoms with van der Waals surface area (Å²) in [6.07, 6.45) is -3.62. The predicted molar refractivity (Wildman–Crippen MR) is 132 cm³/mol. The van der Waals surface area contributed by atoms with Crippen molar-refractivity contribution in [2.75, 3.05) is 6.61 Å². The van der Waals surface area contributed by atoms with Gasteiger partial charge in [0.2, 0.25) is 0 Å². The highest BCUT2D eigenvalue weighted by Crippen LogP contribution is 2.41. The van der Waals surface area contributed by atoms with E-state index in [1.54, 1.807) is 0 Å². The number of ether oxygens (including phenoxy) is 2. The zero-order chi connectivity index (χ0) is 25.1. The minimum Gasteiger partial charge on any atom is -0.387 e. The van der Waals surface area contributed by atoms with Gasteiger partial charge in [-0.15, -0.1) is 0 Å². The first-order chi connectivity index (χ1) is 17.5. The van der Waals surface area contributed by atoms with Crippen LogP contribution in [0.1, 0.15) is 22.9 Å². The maximum atomic E-state index is 12.3. The van der Waals surface area contributed by atoms with E-state index in [1.807, 2.05) is 91.0 Å². The number of aliphatic hydroxyl groups excluding tert-OH is 2. The van der Waals surface area contributed by atoms with E-state index >= 15 is 0 Å². The molecule has 1 aliphatic heterocycles. The zero-order valence-corrected chi connectivity index (χ0v) is 19.3.